The number of para-hydroxylation sites is 2. The monoisotopic (exact) mass is 512 g/mol. The molecule has 0 fully saturated rings. The second kappa shape index (κ2) is 9.81. The summed E-state index contributed by atoms with van der Waals surface area (Å²) in [5, 5.41) is 2.91. The van der Waals surface area contributed by atoms with Gasteiger partial charge in [-0.15, -0.1) is 0 Å². The summed E-state index contributed by atoms with van der Waals surface area (Å²) in [6.45, 7) is 0. The summed E-state index contributed by atoms with van der Waals surface area (Å²) in [6.07, 6.45) is 0. The summed E-state index contributed by atoms with van der Waals surface area (Å²) in [7, 11) is 8.48. The van der Waals surface area contributed by atoms with E-state index in [-0.39, 0.29) is 11.4 Å². The minimum atomic E-state index is -0.449. The second-order valence-electron chi connectivity index (χ2n) is 8.76. The van der Waals surface area contributed by atoms with E-state index in [9.17, 15) is 4.79 Å². The number of nitrogens with zero attached hydrogens (tertiary/aromatic N) is 4. The number of nitrogen functional groups attached to an aromatic ring is 1. The highest BCUT2D eigenvalue weighted by molar-refractivity contribution is 6.16. The number of hydrogen-bond donors (Lipinski definition) is 2. The number of carbonyl (C=O) groups is 1. The first-order valence-corrected chi connectivity index (χ1v) is 11.8. The van der Waals surface area contributed by atoms with Crippen LogP contribution in [0.2, 0.25) is 0 Å². The molecule has 0 radical (unpaired) electrons. The number of amides is 1. The topological polar surface area (TPSA) is 117 Å². The Balaban J connectivity index is 1.67. The minimum absolute atomic E-state index is 0.212. The van der Waals surface area contributed by atoms with Gasteiger partial charge in [-0.25, -0.2) is 9.97 Å². The van der Waals surface area contributed by atoms with E-state index in [1.165, 1.54) is 21.3 Å². The van der Waals surface area contributed by atoms with E-state index in [1.807, 2.05) is 67.5 Å². The number of fused-ring (bicyclic) bond motifs is 2. The van der Waals surface area contributed by atoms with Crippen molar-refractivity contribution in [1.29, 1.82) is 0 Å². The molecule has 10 heteroatoms. The van der Waals surface area contributed by atoms with E-state index in [0.717, 1.165) is 11.4 Å². The predicted octanol–water partition coefficient (Wildman–Crippen LogP) is 4.50. The molecule has 0 aliphatic rings. The number of nitrogens with one attached hydrogen (secondary N) is 1. The molecule has 0 spiro atoms. The maximum absolute atomic E-state index is 13.7. The molecule has 3 aromatic carbocycles. The van der Waals surface area contributed by atoms with Crippen molar-refractivity contribution in [2.24, 2.45) is 0 Å². The third-order valence-corrected chi connectivity index (χ3v) is 6.27. The fourth-order valence-electron chi connectivity index (χ4n) is 4.39. The van der Waals surface area contributed by atoms with Gasteiger partial charge in [-0.2, -0.15) is 0 Å². The van der Waals surface area contributed by atoms with Crippen LogP contribution in [0.4, 0.5) is 17.2 Å². The number of nitrogens with two attached hydrogens (primary N) is 1. The van der Waals surface area contributed by atoms with Crippen molar-refractivity contribution in [3.05, 3.63) is 66.2 Å². The lowest BCUT2D eigenvalue weighted by molar-refractivity contribution is 0.102. The largest absolute Gasteiger partial charge is 0.493 e. The van der Waals surface area contributed by atoms with E-state index in [4.69, 9.17) is 29.9 Å². The molecule has 0 unspecified atom stereocenters. The van der Waals surface area contributed by atoms with Gasteiger partial charge in [0.2, 0.25) is 5.75 Å². The summed E-state index contributed by atoms with van der Waals surface area (Å²) in [4.78, 5) is 25.4. The summed E-state index contributed by atoms with van der Waals surface area (Å²) in [6, 6.07) is 18.6. The molecule has 10 nitrogen and oxygen atoms in total. The van der Waals surface area contributed by atoms with Crippen molar-refractivity contribution < 1.29 is 19.0 Å². The quantitative estimate of drug-likeness (QED) is 0.327. The van der Waals surface area contributed by atoms with Gasteiger partial charge in [-0.1, -0.05) is 12.1 Å². The van der Waals surface area contributed by atoms with Crippen molar-refractivity contribution in [2.45, 2.75) is 0 Å². The van der Waals surface area contributed by atoms with E-state index in [0.29, 0.717) is 45.1 Å². The average Bonchev–Trinajstić information content (AvgIpc) is 3.21. The van der Waals surface area contributed by atoms with Gasteiger partial charge in [0.1, 0.15) is 16.9 Å². The Bertz CT molecular complexity index is 1640. The molecule has 38 heavy (non-hydrogen) atoms. The van der Waals surface area contributed by atoms with E-state index < -0.39 is 5.91 Å². The van der Waals surface area contributed by atoms with E-state index >= 15 is 0 Å². The van der Waals surface area contributed by atoms with Crippen LogP contribution in [-0.2, 0) is 0 Å². The van der Waals surface area contributed by atoms with Gasteiger partial charge in [0.25, 0.3) is 5.91 Å². The summed E-state index contributed by atoms with van der Waals surface area (Å²) >= 11 is 0. The van der Waals surface area contributed by atoms with Crippen LogP contribution in [0.5, 0.6) is 17.2 Å². The van der Waals surface area contributed by atoms with Crippen molar-refractivity contribution in [3.63, 3.8) is 0 Å². The lowest BCUT2D eigenvalue weighted by Crippen LogP contribution is -2.15. The molecule has 5 rings (SSSR count). The van der Waals surface area contributed by atoms with Crippen LogP contribution in [0.15, 0.2) is 60.7 Å². The standard InChI is InChI=1S/C28H28N6O4/c1-33(2)17-10-12-18(13-11-17)34-26(29)23(24-27(34)32-20-9-7-6-8-19(20)31-24)28(35)30-16-14-21(36-3)25(38-5)22(15-16)37-4/h6-15H,29H2,1-5H3,(H,30,35). The van der Waals surface area contributed by atoms with Crippen LogP contribution in [0.3, 0.4) is 0 Å². The van der Waals surface area contributed by atoms with E-state index in [1.54, 1.807) is 16.7 Å². The first-order valence-electron chi connectivity index (χ1n) is 11.8. The van der Waals surface area contributed by atoms with Crippen molar-refractivity contribution in [3.8, 4) is 22.9 Å². The molecular weight excluding hydrogens is 484 g/mol. The molecule has 194 valence electrons. The smallest absolute Gasteiger partial charge is 0.261 e. The number of hydrogen-bond acceptors (Lipinski definition) is 8. The number of carbonyl (C=O) groups excluding carboxylic acids is 1. The zero-order valence-corrected chi connectivity index (χ0v) is 21.8. The number of aromatic nitrogens is 3. The molecule has 1 amide bonds. The SMILES string of the molecule is COc1cc(NC(=O)c2c(N)n(-c3ccc(N(C)C)cc3)c3nc4ccccc4nc23)cc(OC)c1OC. The second-order valence-corrected chi connectivity index (χ2v) is 8.76. The van der Waals surface area contributed by atoms with Crippen molar-refractivity contribution >= 4 is 45.3 Å². The molecular formula is C28H28N6O4. The fourth-order valence-corrected chi connectivity index (χ4v) is 4.39. The van der Waals surface area contributed by atoms with E-state index in [2.05, 4.69) is 5.32 Å². The summed E-state index contributed by atoms with van der Waals surface area (Å²) in [5.74, 6) is 1.00. The summed E-state index contributed by atoms with van der Waals surface area (Å²) < 4.78 is 18.0. The highest BCUT2D eigenvalue weighted by Crippen LogP contribution is 2.40. The molecule has 3 N–H and O–H groups in total. The van der Waals surface area contributed by atoms with Gasteiger partial charge in [0.05, 0.1) is 32.4 Å². The molecule has 0 atom stereocenters. The Morgan fingerprint density at radius 3 is 2.05 bits per heavy atom. The lowest BCUT2D eigenvalue weighted by Gasteiger charge is -2.15. The Morgan fingerprint density at radius 2 is 1.50 bits per heavy atom. The Hall–Kier alpha value is -4.99. The third kappa shape index (κ3) is 4.15. The highest BCUT2D eigenvalue weighted by Gasteiger charge is 2.26. The lowest BCUT2D eigenvalue weighted by atomic mass is 10.2. The van der Waals surface area contributed by atoms with Crippen LogP contribution in [0, 0.1) is 0 Å². The van der Waals surface area contributed by atoms with Crippen LogP contribution in [0.25, 0.3) is 27.9 Å². The Kier molecular flexibility index (Phi) is 6.38. The number of benzene rings is 3. The molecule has 0 aliphatic carbocycles. The van der Waals surface area contributed by atoms with Crippen LogP contribution >= 0.6 is 0 Å². The Morgan fingerprint density at radius 1 is 0.895 bits per heavy atom. The molecule has 0 saturated carbocycles. The van der Waals surface area contributed by atoms with Gasteiger partial charge in [0, 0.05) is 43.3 Å². The minimum Gasteiger partial charge on any atom is -0.493 e. The number of anilines is 3. The van der Waals surface area contributed by atoms with Gasteiger partial charge in [-0.3, -0.25) is 9.36 Å². The number of ether oxygens (including phenoxy) is 3. The number of rotatable bonds is 7. The molecule has 2 heterocycles. The fraction of sp³-hybridized carbons (Fsp3) is 0.179. The van der Waals surface area contributed by atoms with Crippen LogP contribution in [0.1, 0.15) is 10.4 Å². The normalized spacial score (nSPS) is 11.0. The molecule has 0 bridgehead atoms. The maximum atomic E-state index is 13.7. The first kappa shape index (κ1) is 24.7. The molecule has 5 aromatic rings. The predicted molar refractivity (Wildman–Crippen MR) is 149 cm³/mol. The van der Waals surface area contributed by atoms with Crippen LogP contribution in [-0.4, -0.2) is 55.9 Å². The Labute approximate surface area is 219 Å². The van der Waals surface area contributed by atoms with Gasteiger partial charge in [0.15, 0.2) is 17.1 Å². The molecule has 0 aliphatic heterocycles. The van der Waals surface area contributed by atoms with Crippen LogP contribution < -0.4 is 30.2 Å². The van der Waals surface area contributed by atoms with Crippen molar-refractivity contribution in [2.75, 3.05) is 51.4 Å². The van der Waals surface area contributed by atoms with Gasteiger partial charge in [-0.05, 0) is 36.4 Å². The van der Waals surface area contributed by atoms with Gasteiger partial charge < -0.3 is 30.2 Å². The zero-order valence-electron chi connectivity index (χ0n) is 21.8. The average molecular weight is 513 g/mol. The third-order valence-electron chi connectivity index (χ3n) is 6.27. The van der Waals surface area contributed by atoms with Crippen molar-refractivity contribution in [1.82, 2.24) is 14.5 Å². The number of methoxy groups -OCH3 is 3. The first-order chi connectivity index (χ1) is 18.4. The van der Waals surface area contributed by atoms with Gasteiger partial charge >= 0.3 is 0 Å². The maximum Gasteiger partial charge on any atom is 0.261 e. The highest BCUT2D eigenvalue weighted by atomic mass is 16.5. The molecule has 0 saturated heterocycles. The summed E-state index contributed by atoms with van der Waals surface area (Å²) in [5.41, 5.74) is 11.3. The zero-order chi connectivity index (χ0) is 27.0. The molecule has 2 aromatic heterocycles.